The molecule has 1 aromatic heterocycles. The Morgan fingerprint density at radius 3 is 2.48 bits per heavy atom. The van der Waals surface area contributed by atoms with Crippen LogP contribution in [-0.2, 0) is 6.42 Å². The van der Waals surface area contributed by atoms with Crippen LogP contribution in [0.1, 0.15) is 30.2 Å². The summed E-state index contributed by atoms with van der Waals surface area (Å²) in [5.41, 5.74) is 9.99. The van der Waals surface area contributed by atoms with Crippen LogP contribution in [-0.4, -0.2) is 19.2 Å². The first-order chi connectivity index (χ1) is 11.1. The Hall–Kier alpha value is -2.74. The van der Waals surface area contributed by atoms with Crippen molar-refractivity contribution in [2.75, 3.05) is 20.0 Å². The number of methoxy groups -OCH3 is 2. The van der Waals surface area contributed by atoms with Crippen molar-refractivity contribution in [3.63, 3.8) is 0 Å². The van der Waals surface area contributed by atoms with Crippen LogP contribution in [0.3, 0.4) is 0 Å². The lowest BCUT2D eigenvalue weighted by molar-refractivity contribution is 0.355. The fourth-order valence-corrected chi connectivity index (χ4v) is 2.74. The molecule has 0 spiro atoms. The lowest BCUT2D eigenvalue weighted by Crippen LogP contribution is -2.05. The highest BCUT2D eigenvalue weighted by molar-refractivity contribution is 5.80. The van der Waals surface area contributed by atoms with Gasteiger partial charge in [0.2, 0.25) is 0 Å². The molecule has 2 N–H and O–H groups in total. The predicted octanol–water partition coefficient (Wildman–Crippen LogP) is 3.48. The molecule has 0 aliphatic carbocycles. The van der Waals surface area contributed by atoms with E-state index in [0.29, 0.717) is 17.1 Å². The second kappa shape index (κ2) is 7.01. The van der Waals surface area contributed by atoms with Crippen molar-refractivity contribution in [1.82, 2.24) is 4.98 Å². The van der Waals surface area contributed by atoms with E-state index in [9.17, 15) is 5.26 Å². The lowest BCUT2D eigenvalue weighted by Gasteiger charge is -2.17. The van der Waals surface area contributed by atoms with Crippen LogP contribution in [0.5, 0.6) is 11.5 Å². The minimum atomic E-state index is 0.259. The number of aromatic nitrogens is 1. The number of benzene rings is 1. The molecule has 5 heteroatoms. The van der Waals surface area contributed by atoms with Crippen molar-refractivity contribution in [2.45, 2.75) is 26.7 Å². The molecule has 0 fully saturated rings. The Morgan fingerprint density at radius 1 is 1.22 bits per heavy atom. The largest absolute Gasteiger partial charge is 0.493 e. The first kappa shape index (κ1) is 16.6. The summed E-state index contributed by atoms with van der Waals surface area (Å²) in [6.07, 6.45) is 1.79. The van der Waals surface area contributed by atoms with Gasteiger partial charge in [-0.25, -0.2) is 4.98 Å². The zero-order chi connectivity index (χ0) is 17.0. The Morgan fingerprint density at radius 2 is 1.91 bits per heavy atom. The van der Waals surface area contributed by atoms with Crippen molar-refractivity contribution in [3.05, 3.63) is 35.0 Å². The summed E-state index contributed by atoms with van der Waals surface area (Å²) in [7, 11) is 3.18. The van der Waals surface area contributed by atoms with Gasteiger partial charge in [0.1, 0.15) is 17.5 Å². The monoisotopic (exact) mass is 311 g/mol. The van der Waals surface area contributed by atoms with Crippen LogP contribution in [0, 0.1) is 18.3 Å². The summed E-state index contributed by atoms with van der Waals surface area (Å²) < 4.78 is 10.7. The first-order valence-electron chi connectivity index (χ1n) is 7.48. The molecule has 0 saturated heterocycles. The van der Waals surface area contributed by atoms with Gasteiger partial charge in [0, 0.05) is 11.3 Å². The summed E-state index contributed by atoms with van der Waals surface area (Å²) in [6.45, 7) is 4.02. The minimum Gasteiger partial charge on any atom is -0.493 e. The molecule has 0 aliphatic rings. The van der Waals surface area contributed by atoms with Gasteiger partial charge in [-0.15, -0.1) is 0 Å². The highest BCUT2D eigenvalue weighted by Gasteiger charge is 2.19. The van der Waals surface area contributed by atoms with Gasteiger partial charge in [-0.3, -0.25) is 0 Å². The van der Waals surface area contributed by atoms with Gasteiger partial charge in [-0.05, 0) is 36.6 Å². The molecule has 0 amide bonds. The number of ether oxygens (including phenoxy) is 2. The molecule has 2 rings (SSSR count). The second-order valence-corrected chi connectivity index (χ2v) is 5.24. The van der Waals surface area contributed by atoms with Gasteiger partial charge in [-0.2, -0.15) is 5.26 Å². The third kappa shape index (κ3) is 3.07. The molecule has 1 heterocycles. The van der Waals surface area contributed by atoms with Crippen molar-refractivity contribution in [1.29, 1.82) is 5.26 Å². The molecule has 5 nitrogen and oxygen atoms in total. The van der Waals surface area contributed by atoms with E-state index in [4.69, 9.17) is 15.2 Å². The maximum absolute atomic E-state index is 9.55. The average molecular weight is 311 g/mol. The van der Waals surface area contributed by atoms with Gasteiger partial charge in [0.05, 0.1) is 14.2 Å². The average Bonchev–Trinajstić information content (AvgIpc) is 2.56. The Labute approximate surface area is 136 Å². The van der Waals surface area contributed by atoms with E-state index in [1.807, 2.05) is 25.1 Å². The number of anilines is 1. The zero-order valence-corrected chi connectivity index (χ0v) is 13.9. The number of rotatable bonds is 5. The van der Waals surface area contributed by atoms with Gasteiger partial charge < -0.3 is 15.2 Å². The van der Waals surface area contributed by atoms with E-state index in [1.54, 1.807) is 14.2 Å². The number of nitrogen functional groups attached to an aromatic ring is 1. The molecule has 23 heavy (non-hydrogen) atoms. The van der Waals surface area contributed by atoms with Crippen LogP contribution in [0.15, 0.2) is 18.2 Å². The van der Waals surface area contributed by atoms with Gasteiger partial charge >= 0.3 is 0 Å². The number of nitrogens with zero attached hydrogens (tertiary/aromatic N) is 2. The number of nitriles is 1. The first-order valence-corrected chi connectivity index (χ1v) is 7.48. The molecule has 0 radical (unpaired) electrons. The van der Waals surface area contributed by atoms with Crippen molar-refractivity contribution in [3.8, 4) is 28.7 Å². The Kier molecular flexibility index (Phi) is 5.07. The zero-order valence-electron chi connectivity index (χ0n) is 13.9. The molecule has 0 unspecified atom stereocenters. The van der Waals surface area contributed by atoms with E-state index in [-0.39, 0.29) is 5.82 Å². The van der Waals surface area contributed by atoms with Crippen molar-refractivity contribution >= 4 is 5.82 Å². The molecule has 0 aliphatic heterocycles. The van der Waals surface area contributed by atoms with E-state index < -0.39 is 0 Å². The van der Waals surface area contributed by atoms with E-state index in [0.717, 1.165) is 35.2 Å². The molecule has 2 aromatic rings. The highest BCUT2D eigenvalue weighted by atomic mass is 16.5. The maximum atomic E-state index is 9.55. The molecule has 120 valence electrons. The highest BCUT2D eigenvalue weighted by Crippen LogP contribution is 2.37. The van der Waals surface area contributed by atoms with Crippen molar-refractivity contribution < 1.29 is 9.47 Å². The van der Waals surface area contributed by atoms with Crippen LogP contribution in [0.25, 0.3) is 11.1 Å². The quantitative estimate of drug-likeness (QED) is 0.914. The number of aryl methyl sites for hydroxylation is 1. The fraction of sp³-hybridized carbons (Fsp3) is 0.333. The summed E-state index contributed by atoms with van der Waals surface area (Å²) in [5.74, 6) is 1.52. The predicted molar refractivity (Wildman–Crippen MR) is 90.6 cm³/mol. The fourth-order valence-electron chi connectivity index (χ4n) is 2.74. The third-order valence-electron chi connectivity index (χ3n) is 3.82. The van der Waals surface area contributed by atoms with Crippen LogP contribution in [0.2, 0.25) is 0 Å². The topological polar surface area (TPSA) is 81.2 Å². The van der Waals surface area contributed by atoms with E-state index >= 15 is 0 Å². The molecular weight excluding hydrogens is 290 g/mol. The maximum Gasteiger partial charge on any atom is 0.161 e. The van der Waals surface area contributed by atoms with E-state index in [1.165, 1.54) is 0 Å². The SMILES string of the molecule is CCCc1c(C)nc(N)c(C#N)c1-c1ccc(OC)c(OC)c1. The normalized spacial score (nSPS) is 10.2. The molecule has 1 aromatic carbocycles. The lowest BCUT2D eigenvalue weighted by atomic mass is 9.91. The Bertz CT molecular complexity index is 764. The van der Waals surface area contributed by atoms with Gasteiger partial charge in [0.15, 0.2) is 11.5 Å². The molecule has 0 saturated carbocycles. The Balaban J connectivity index is 2.78. The summed E-state index contributed by atoms with van der Waals surface area (Å²) in [4.78, 5) is 4.32. The third-order valence-corrected chi connectivity index (χ3v) is 3.82. The standard InChI is InChI=1S/C18H21N3O2/c1-5-6-13-11(2)21-18(20)14(10-19)17(13)12-7-8-15(22-3)16(9-12)23-4/h7-9H,5-6H2,1-4H3,(H2,20,21). The molecular formula is C18H21N3O2. The summed E-state index contributed by atoms with van der Waals surface area (Å²) in [6, 6.07) is 7.81. The second-order valence-electron chi connectivity index (χ2n) is 5.24. The summed E-state index contributed by atoms with van der Waals surface area (Å²) >= 11 is 0. The van der Waals surface area contributed by atoms with Crippen LogP contribution < -0.4 is 15.2 Å². The van der Waals surface area contributed by atoms with Crippen molar-refractivity contribution in [2.24, 2.45) is 0 Å². The van der Waals surface area contributed by atoms with E-state index in [2.05, 4.69) is 18.0 Å². The van der Waals surface area contributed by atoms with Crippen LogP contribution in [0.4, 0.5) is 5.82 Å². The number of pyridine rings is 1. The van der Waals surface area contributed by atoms with Crippen LogP contribution >= 0.6 is 0 Å². The molecule has 0 bridgehead atoms. The smallest absolute Gasteiger partial charge is 0.161 e. The number of hydrogen-bond acceptors (Lipinski definition) is 5. The number of nitrogens with two attached hydrogens (primary N) is 1. The molecule has 0 atom stereocenters. The summed E-state index contributed by atoms with van der Waals surface area (Å²) in [5, 5.41) is 9.55. The van der Waals surface area contributed by atoms with Gasteiger partial charge in [-0.1, -0.05) is 19.4 Å². The number of hydrogen-bond donors (Lipinski definition) is 1. The minimum absolute atomic E-state index is 0.259. The van der Waals surface area contributed by atoms with Gasteiger partial charge in [0.25, 0.3) is 0 Å².